The predicted molar refractivity (Wildman–Crippen MR) is 81.2 cm³/mol. The van der Waals surface area contributed by atoms with Crippen LogP contribution in [0.15, 0.2) is 30.6 Å². The molecule has 0 saturated carbocycles. The van der Waals surface area contributed by atoms with Gasteiger partial charge in [-0.1, -0.05) is 6.07 Å². The van der Waals surface area contributed by atoms with Gasteiger partial charge in [0.1, 0.15) is 12.1 Å². The van der Waals surface area contributed by atoms with Gasteiger partial charge < -0.3 is 14.4 Å². The molecule has 0 spiro atoms. The molecule has 23 heavy (non-hydrogen) atoms. The molecule has 1 aromatic heterocycles. The summed E-state index contributed by atoms with van der Waals surface area (Å²) in [6.07, 6.45) is 1.59. The lowest BCUT2D eigenvalue weighted by Gasteiger charge is -2.35. The van der Waals surface area contributed by atoms with Gasteiger partial charge in [-0.25, -0.2) is 4.68 Å². The van der Waals surface area contributed by atoms with Crippen LogP contribution in [0.4, 0.5) is 0 Å². The minimum absolute atomic E-state index is 0.00149. The van der Waals surface area contributed by atoms with E-state index in [4.69, 9.17) is 9.47 Å². The van der Waals surface area contributed by atoms with E-state index in [1.54, 1.807) is 17.0 Å². The zero-order chi connectivity index (χ0) is 16.2. The van der Waals surface area contributed by atoms with Crippen LogP contribution in [-0.2, 0) is 9.53 Å². The largest absolute Gasteiger partial charge is 0.484 e. The number of morpholine rings is 1. The molecular formula is C15H19N5O3. The Morgan fingerprint density at radius 2 is 2.13 bits per heavy atom. The van der Waals surface area contributed by atoms with Gasteiger partial charge >= 0.3 is 0 Å². The minimum Gasteiger partial charge on any atom is -0.484 e. The number of benzene rings is 1. The Morgan fingerprint density at radius 3 is 2.83 bits per heavy atom. The normalized spacial score (nSPS) is 21.2. The molecule has 3 rings (SSSR count). The van der Waals surface area contributed by atoms with Crippen molar-refractivity contribution in [2.24, 2.45) is 0 Å². The average Bonchev–Trinajstić information content (AvgIpc) is 3.06. The molecule has 0 aliphatic carbocycles. The van der Waals surface area contributed by atoms with Gasteiger partial charge in [0.25, 0.3) is 5.91 Å². The van der Waals surface area contributed by atoms with Crippen molar-refractivity contribution < 1.29 is 14.3 Å². The van der Waals surface area contributed by atoms with Crippen LogP contribution in [-0.4, -0.2) is 62.9 Å². The summed E-state index contributed by atoms with van der Waals surface area (Å²) in [6, 6.07) is 7.27. The predicted octanol–water partition coefficient (Wildman–Crippen LogP) is 0.677. The molecule has 2 atom stereocenters. The molecule has 8 nitrogen and oxygen atoms in total. The maximum atomic E-state index is 12.3. The summed E-state index contributed by atoms with van der Waals surface area (Å²) in [5.41, 5.74) is 0.772. The van der Waals surface area contributed by atoms with E-state index in [1.807, 2.05) is 26.0 Å². The summed E-state index contributed by atoms with van der Waals surface area (Å²) < 4.78 is 12.8. The number of tetrazole rings is 1. The van der Waals surface area contributed by atoms with Gasteiger partial charge in [-0.3, -0.25) is 4.79 Å². The first kappa shape index (κ1) is 15.4. The summed E-state index contributed by atoms with van der Waals surface area (Å²) in [5.74, 6) is 0.556. The first-order valence-electron chi connectivity index (χ1n) is 7.51. The minimum atomic E-state index is -0.0418. The summed E-state index contributed by atoms with van der Waals surface area (Å²) in [4.78, 5) is 14.1. The molecule has 0 bridgehead atoms. The van der Waals surface area contributed by atoms with E-state index in [0.29, 0.717) is 18.8 Å². The number of aromatic nitrogens is 4. The fourth-order valence-electron chi connectivity index (χ4n) is 2.61. The first-order chi connectivity index (χ1) is 11.1. The molecule has 1 aromatic carbocycles. The SMILES string of the molecule is C[C@@H]1CN(C(=O)COc2cccc(-n3cnnn3)c2)C[C@@H](C)O1. The maximum Gasteiger partial charge on any atom is 0.260 e. The molecule has 2 aromatic rings. The first-order valence-corrected chi connectivity index (χ1v) is 7.51. The second kappa shape index (κ2) is 6.74. The third-order valence-corrected chi connectivity index (χ3v) is 3.57. The molecule has 122 valence electrons. The van der Waals surface area contributed by atoms with E-state index in [9.17, 15) is 4.79 Å². The summed E-state index contributed by atoms with van der Waals surface area (Å²) in [6.45, 7) is 5.12. The highest BCUT2D eigenvalue weighted by Crippen LogP contribution is 2.16. The number of amides is 1. The van der Waals surface area contributed by atoms with Crippen molar-refractivity contribution in [1.29, 1.82) is 0 Å². The van der Waals surface area contributed by atoms with Crippen molar-refractivity contribution in [3.05, 3.63) is 30.6 Å². The molecule has 1 saturated heterocycles. The zero-order valence-corrected chi connectivity index (χ0v) is 13.1. The molecule has 1 aliphatic heterocycles. The van der Waals surface area contributed by atoms with Crippen LogP contribution in [0.1, 0.15) is 13.8 Å². The highest BCUT2D eigenvalue weighted by Gasteiger charge is 2.25. The van der Waals surface area contributed by atoms with E-state index < -0.39 is 0 Å². The van der Waals surface area contributed by atoms with Crippen molar-refractivity contribution in [1.82, 2.24) is 25.1 Å². The molecule has 8 heteroatoms. The maximum absolute atomic E-state index is 12.3. The van der Waals surface area contributed by atoms with Gasteiger partial charge in [0, 0.05) is 19.2 Å². The van der Waals surface area contributed by atoms with Crippen molar-refractivity contribution >= 4 is 5.91 Å². The number of hydrogen-bond acceptors (Lipinski definition) is 6. The van der Waals surface area contributed by atoms with Gasteiger partial charge in [-0.2, -0.15) is 0 Å². The Morgan fingerprint density at radius 1 is 1.35 bits per heavy atom. The van der Waals surface area contributed by atoms with Gasteiger partial charge in [-0.05, 0) is 36.4 Å². The lowest BCUT2D eigenvalue weighted by molar-refractivity contribution is -0.145. The van der Waals surface area contributed by atoms with Crippen molar-refractivity contribution in [3.63, 3.8) is 0 Å². The third-order valence-electron chi connectivity index (χ3n) is 3.57. The van der Waals surface area contributed by atoms with E-state index >= 15 is 0 Å². The Bertz CT molecular complexity index is 651. The summed E-state index contributed by atoms with van der Waals surface area (Å²) in [5, 5.41) is 11.0. The topological polar surface area (TPSA) is 82.4 Å². The van der Waals surface area contributed by atoms with E-state index in [2.05, 4.69) is 15.5 Å². The van der Waals surface area contributed by atoms with E-state index in [-0.39, 0.29) is 24.7 Å². The lowest BCUT2D eigenvalue weighted by Crippen LogP contribution is -2.49. The Labute approximate surface area is 134 Å². The van der Waals surface area contributed by atoms with Gasteiger partial charge in [0.2, 0.25) is 0 Å². The molecule has 0 radical (unpaired) electrons. The molecule has 1 aliphatic rings. The fraction of sp³-hybridized carbons (Fsp3) is 0.467. The molecule has 1 amide bonds. The summed E-state index contributed by atoms with van der Waals surface area (Å²) in [7, 11) is 0. The standard InChI is InChI=1S/C15H19N5O3/c1-11-7-19(8-12(2)23-11)15(21)9-22-14-5-3-4-13(6-14)20-10-16-17-18-20/h3-6,10-12H,7-9H2,1-2H3/t11-,12-/m1/s1. The number of hydrogen-bond donors (Lipinski definition) is 0. The number of nitrogens with zero attached hydrogens (tertiary/aromatic N) is 5. The van der Waals surface area contributed by atoms with Crippen LogP contribution in [0.25, 0.3) is 5.69 Å². The van der Waals surface area contributed by atoms with Gasteiger partial charge in [-0.15, -0.1) is 5.10 Å². The van der Waals surface area contributed by atoms with Crippen LogP contribution in [0.3, 0.4) is 0 Å². The van der Waals surface area contributed by atoms with Crippen LogP contribution in [0.2, 0.25) is 0 Å². The molecule has 0 unspecified atom stereocenters. The van der Waals surface area contributed by atoms with Crippen LogP contribution in [0.5, 0.6) is 5.75 Å². The second-order valence-electron chi connectivity index (χ2n) is 5.60. The van der Waals surface area contributed by atoms with Crippen molar-refractivity contribution in [3.8, 4) is 11.4 Å². The Hall–Kier alpha value is -2.48. The Balaban J connectivity index is 1.60. The summed E-state index contributed by atoms with van der Waals surface area (Å²) >= 11 is 0. The molecule has 2 heterocycles. The van der Waals surface area contributed by atoms with Crippen LogP contribution >= 0.6 is 0 Å². The van der Waals surface area contributed by atoms with Gasteiger partial charge in [0.15, 0.2) is 6.61 Å². The highest BCUT2D eigenvalue weighted by molar-refractivity contribution is 5.78. The van der Waals surface area contributed by atoms with E-state index in [0.717, 1.165) is 5.69 Å². The van der Waals surface area contributed by atoms with E-state index in [1.165, 1.54) is 11.0 Å². The second-order valence-corrected chi connectivity index (χ2v) is 5.60. The molecular weight excluding hydrogens is 298 g/mol. The molecule has 0 N–H and O–H groups in total. The molecule has 1 fully saturated rings. The monoisotopic (exact) mass is 317 g/mol. The third kappa shape index (κ3) is 3.84. The smallest absolute Gasteiger partial charge is 0.260 e. The Kier molecular flexibility index (Phi) is 4.52. The van der Waals surface area contributed by atoms with Crippen molar-refractivity contribution in [2.75, 3.05) is 19.7 Å². The van der Waals surface area contributed by atoms with Crippen molar-refractivity contribution in [2.45, 2.75) is 26.1 Å². The van der Waals surface area contributed by atoms with Crippen LogP contribution < -0.4 is 4.74 Å². The number of ether oxygens (including phenoxy) is 2. The quantitative estimate of drug-likeness (QED) is 0.824. The number of rotatable bonds is 4. The highest BCUT2D eigenvalue weighted by atomic mass is 16.5. The number of carbonyl (C=O) groups excluding carboxylic acids is 1. The fourth-order valence-corrected chi connectivity index (χ4v) is 2.61. The van der Waals surface area contributed by atoms with Gasteiger partial charge in [0.05, 0.1) is 17.9 Å². The van der Waals surface area contributed by atoms with Crippen LogP contribution in [0, 0.1) is 0 Å². The lowest BCUT2D eigenvalue weighted by atomic mass is 10.2. The zero-order valence-electron chi connectivity index (χ0n) is 13.1. The number of carbonyl (C=O) groups is 1. The average molecular weight is 317 g/mol.